The Morgan fingerprint density at radius 2 is 1.59 bits per heavy atom. The second-order valence-corrected chi connectivity index (χ2v) is 6.82. The van der Waals surface area contributed by atoms with Crippen LogP contribution in [-0.2, 0) is 6.42 Å². The Morgan fingerprint density at radius 3 is 2.41 bits per heavy atom. The third-order valence-corrected chi connectivity index (χ3v) is 4.89. The van der Waals surface area contributed by atoms with Crippen molar-refractivity contribution >= 4 is 11.2 Å². The fourth-order valence-electron chi connectivity index (χ4n) is 3.51. The molecule has 5 heteroatoms. The molecule has 3 heterocycles. The van der Waals surface area contributed by atoms with Gasteiger partial charge in [-0.25, -0.2) is 9.97 Å². The Hall–Kier alpha value is -3.99. The molecule has 0 spiro atoms. The topological polar surface area (TPSA) is 52.7 Å². The van der Waals surface area contributed by atoms with Gasteiger partial charge >= 0.3 is 0 Å². The first-order chi connectivity index (χ1) is 14.3. The van der Waals surface area contributed by atoms with Crippen molar-refractivity contribution in [1.29, 1.82) is 0 Å². The number of aromatic nitrogens is 4. The quantitative estimate of drug-likeness (QED) is 0.472. The first-order valence-electron chi connectivity index (χ1n) is 9.44. The van der Waals surface area contributed by atoms with Gasteiger partial charge in [-0.05, 0) is 48.0 Å². The standard InChI is InChI=1S/C24H18N4O/c29-24-22(16-18-8-2-1-3-9-18)26-21-12-7-13-25-23(21)28(24)20-11-6-10-19(17-20)27-14-4-5-15-27/h1-15,17H,16H2. The minimum absolute atomic E-state index is 0.148. The lowest BCUT2D eigenvalue weighted by molar-refractivity contribution is 0.924. The number of fused-ring (bicyclic) bond motifs is 1. The van der Waals surface area contributed by atoms with E-state index in [4.69, 9.17) is 0 Å². The van der Waals surface area contributed by atoms with E-state index in [1.54, 1.807) is 10.8 Å². The van der Waals surface area contributed by atoms with Crippen LogP contribution in [0.4, 0.5) is 0 Å². The van der Waals surface area contributed by atoms with Crippen LogP contribution in [0.1, 0.15) is 11.3 Å². The number of rotatable bonds is 4. The van der Waals surface area contributed by atoms with E-state index in [1.807, 2.05) is 95.8 Å². The van der Waals surface area contributed by atoms with Crippen LogP contribution in [0.2, 0.25) is 0 Å². The number of benzene rings is 2. The second kappa shape index (κ2) is 7.20. The Balaban J connectivity index is 1.72. The average Bonchev–Trinajstić information content (AvgIpc) is 3.30. The highest BCUT2D eigenvalue weighted by atomic mass is 16.1. The van der Waals surface area contributed by atoms with Crippen LogP contribution < -0.4 is 5.56 Å². The summed E-state index contributed by atoms with van der Waals surface area (Å²) in [6.07, 6.45) is 6.12. The molecule has 5 aromatic rings. The molecule has 0 aliphatic rings. The monoisotopic (exact) mass is 378 g/mol. The molecular weight excluding hydrogens is 360 g/mol. The molecular formula is C24H18N4O. The van der Waals surface area contributed by atoms with Gasteiger partial charge in [0, 0.05) is 30.7 Å². The first-order valence-corrected chi connectivity index (χ1v) is 9.44. The van der Waals surface area contributed by atoms with E-state index in [0.29, 0.717) is 23.3 Å². The summed E-state index contributed by atoms with van der Waals surface area (Å²) in [5.41, 5.74) is 4.40. The third-order valence-electron chi connectivity index (χ3n) is 4.89. The maximum Gasteiger partial charge on any atom is 0.278 e. The summed E-state index contributed by atoms with van der Waals surface area (Å²) in [5, 5.41) is 0. The fourth-order valence-corrected chi connectivity index (χ4v) is 3.51. The molecule has 0 aliphatic heterocycles. The molecule has 5 nitrogen and oxygen atoms in total. The highest BCUT2D eigenvalue weighted by Crippen LogP contribution is 2.18. The fraction of sp³-hybridized carbons (Fsp3) is 0.0417. The number of hydrogen-bond donors (Lipinski definition) is 0. The summed E-state index contributed by atoms with van der Waals surface area (Å²) in [7, 11) is 0. The predicted octanol–water partition coefficient (Wildman–Crippen LogP) is 4.16. The van der Waals surface area contributed by atoms with Gasteiger partial charge in [0.2, 0.25) is 0 Å². The van der Waals surface area contributed by atoms with Gasteiger partial charge in [0.05, 0.1) is 5.69 Å². The molecule has 0 amide bonds. The number of hydrogen-bond acceptors (Lipinski definition) is 3. The van der Waals surface area contributed by atoms with Gasteiger partial charge in [0.25, 0.3) is 5.56 Å². The van der Waals surface area contributed by atoms with E-state index < -0.39 is 0 Å². The van der Waals surface area contributed by atoms with Gasteiger partial charge in [0.15, 0.2) is 5.65 Å². The summed E-state index contributed by atoms with van der Waals surface area (Å²) >= 11 is 0. The largest absolute Gasteiger partial charge is 0.324 e. The second-order valence-electron chi connectivity index (χ2n) is 6.82. The van der Waals surface area contributed by atoms with Crippen molar-refractivity contribution in [3.63, 3.8) is 0 Å². The lowest BCUT2D eigenvalue weighted by atomic mass is 10.1. The Kier molecular flexibility index (Phi) is 4.26. The molecule has 2 aromatic carbocycles. The molecule has 140 valence electrons. The van der Waals surface area contributed by atoms with Gasteiger partial charge in [-0.2, -0.15) is 0 Å². The van der Waals surface area contributed by atoms with Crippen LogP contribution in [0.3, 0.4) is 0 Å². The molecule has 5 rings (SSSR count). The number of pyridine rings is 1. The SMILES string of the molecule is O=c1c(Cc2ccccc2)nc2cccnc2n1-c1cccc(-n2cccc2)c1. The van der Waals surface area contributed by atoms with Gasteiger partial charge in [-0.15, -0.1) is 0 Å². The van der Waals surface area contributed by atoms with Gasteiger partial charge in [-0.3, -0.25) is 9.36 Å². The zero-order valence-electron chi connectivity index (χ0n) is 15.6. The van der Waals surface area contributed by atoms with Crippen molar-refractivity contribution in [3.05, 3.63) is 119 Å². The molecule has 3 aromatic heterocycles. The Labute approximate surface area is 167 Å². The lowest BCUT2D eigenvalue weighted by Gasteiger charge is -2.13. The predicted molar refractivity (Wildman–Crippen MR) is 114 cm³/mol. The van der Waals surface area contributed by atoms with Crippen molar-refractivity contribution in [3.8, 4) is 11.4 Å². The van der Waals surface area contributed by atoms with Crippen LogP contribution >= 0.6 is 0 Å². The highest BCUT2D eigenvalue weighted by molar-refractivity contribution is 5.72. The zero-order valence-corrected chi connectivity index (χ0v) is 15.6. The molecule has 0 aliphatic carbocycles. The Morgan fingerprint density at radius 1 is 0.793 bits per heavy atom. The molecule has 0 saturated carbocycles. The van der Waals surface area contributed by atoms with Crippen LogP contribution in [0.15, 0.2) is 102 Å². The van der Waals surface area contributed by atoms with Gasteiger partial charge in [0.1, 0.15) is 11.2 Å². The normalized spacial score (nSPS) is 11.0. The summed E-state index contributed by atoms with van der Waals surface area (Å²) < 4.78 is 3.67. The summed E-state index contributed by atoms with van der Waals surface area (Å²) in [4.78, 5) is 22.5. The van der Waals surface area contributed by atoms with Crippen molar-refractivity contribution in [2.24, 2.45) is 0 Å². The summed E-state index contributed by atoms with van der Waals surface area (Å²) in [6.45, 7) is 0. The maximum atomic E-state index is 13.4. The smallest absolute Gasteiger partial charge is 0.278 e. The van der Waals surface area contributed by atoms with E-state index in [1.165, 1.54) is 0 Å². The Bertz CT molecular complexity index is 1340. The molecule has 0 atom stereocenters. The van der Waals surface area contributed by atoms with E-state index in [0.717, 1.165) is 16.9 Å². The molecule has 0 bridgehead atoms. The van der Waals surface area contributed by atoms with Crippen molar-refractivity contribution < 1.29 is 0 Å². The van der Waals surface area contributed by atoms with Crippen molar-refractivity contribution in [1.82, 2.24) is 19.1 Å². The van der Waals surface area contributed by atoms with E-state index in [9.17, 15) is 4.79 Å². The molecule has 29 heavy (non-hydrogen) atoms. The molecule has 0 N–H and O–H groups in total. The van der Waals surface area contributed by atoms with Crippen LogP contribution in [0.25, 0.3) is 22.5 Å². The van der Waals surface area contributed by atoms with Gasteiger partial charge < -0.3 is 4.57 Å². The molecule has 0 radical (unpaired) electrons. The van der Waals surface area contributed by atoms with E-state index >= 15 is 0 Å². The first kappa shape index (κ1) is 17.1. The highest BCUT2D eigenvalue weighted by Gasteiger charge is 2.14. The molecule has 0 unspecified atom stereocenters. The lowest BCUT2D eigenvalue weighted by Crippen LogP contribution is -2.25. The van der Waals surface area contributed by atoms with Crippen LogP contribution in [0, 0.1) is 0 Å². The van der Waals surface area contributed by atoms with Crippen molar-refractivity contribution in [2.45, 2.75) is 6.42 Å². The molecule has 0 saturated heterocycles. The minimum Gasteiger partial charge on any atom is -0.324 e. The van der Waals surface area contributed by atoms with E-state index in [2.05, 4.69) is 9.97 Å². The van der Waals surface area contributed by atoms with E-state index in [-0.39, 0.29) is 5.56 Å². The van der Waals surface area contributed by atoms with Crippen LogP contribution in [-0.4, -0.2) is 19.1 Å². The summed E-state index contributed by atoms with van der Waals surface area (Å²) in [5.74, 6) is 0. The number of nitrogens with zero attached hydrogens (tertiary/aromatic N) is 4. The summed E-state index contributed by atoms with van der Waals surface area (Å²) in [6, 6.07) is 25.5. The minimum atomic E-state index is -0.148. The average molecular weight is 378 g/mol. The van der Waals surface area contributed by atoms with Crippen molar-refractivity contribution in [2.75, 3.05) is 0 Å². The zero-order chi connectivity index (χ0) is 19.6. The third kappa shape index (κ3) is 3.23. The van der Waals surface area contributed by atoms with Gasteiger partial charge in [-0.1, -0.05) is 36.4 Å². The molecule has 0 fully saturated rings. The van der Waals surface area contributed by atoms with Crippen LogP contribution in [0.5, 0.6) is 0 Å². The maximum absolute atomic E-state index is 13.4.